The second-order valence-corrected chi connectivity index (χ2v) is 7.49. The average Bonchev–Trinajstić information content (AvgIpc) is 2.72. The summed E-state index contributed by atoms with van der Waals surface area (Å²) in [6.07, 6.45) is 0. The van der Waals surface area contributed by atoms with Gasteiger partial charge in [-0.2, -0.15) is 0 Å². The number of aryl methyl sites for hydroxylation is 1. The molecule has 0 spiro atoms. The number of hydrogen-bond acceptors (Lipinski definition) is 5. The third-order valence-electron chi connectivity index (χ3n) is 2.85. The molecule has 2 rings (SSSR count). The molecule has 1 fully saturated rings. The summed E-state index contributed by atoms with van der Waals surface area (Å²) in [4.78, 5) is 11.8. The van der Waals surface area contributed by atoms with Crippen LogP contribution in [0.4, 0.5) is 0 Å². The zero-order chi connectivity index (χ0) is 14.2. The summed E-state index contributed by atoms with van der Waals surface area (Å²) < 4.78 is 30.8. The quantitative estimate of drug-likeness (QED) is 0.632. The Bertz CT molecular complexity index is 580. The fourth-order valence-electron chi connectivity index (χ4n) is 1.77. The summed E-state index contributed by atoms with van der Waals surface area (Å²) in [6.45, 7) is 5.45. The van der Waals surface area contributed by atoms with Crippen molar-refractivity contribution in [1.29, 1.82) is 0 Å². The van der Waals surface area contributed by atoms with E-state index in [0.717, 1.165) is 9.27 Å². The molecule has 1 atom stereocenters. The van der Waals surface area contributed by atoms with Gasteiger partial charge in [0.25, 0.3) is 10.0 Å². The van der Waals surface area contributed by atoms with E-state index in [-0.39, 0.29) is 10.8 Å². The van der Waals surface area contributed by atoms with E-state index >= 15 is 0 Å². The van der Waals surface area contributed by atoms with E-state index in [9.17, 15) is 13.2 Å². The van der Waals surface area contributed by atoms with Crippen LogP contribution in [-0.2, 0) is 19.0 Å². The van der Waals surface area contributed by atoms with Crippen molar-refractivity contribution in [3.63, 3.8) is 0 Å². The maximum Gasteiger partial charge on any atom is 0.339 e. The molecule has 0 N–H and O–H groups in total. The molecule has 0 aromatic heterocycles. The first-order chi connectivity index (χ1) is 8.84. The number of benzene rings is 1. The molecule has 1 aromatic rings. The predicted octanol–water partition coefficient (Wildman–Crippen LogP) is 2.13. The maximum absolute atomic E-state index is 12.5. The van der Waals surface area contributed by atoms with Crippen LogP contribution < -0.4 is 0 Å². The average molecular weight is 301 g/mol. The van der Waals surface area contributed by atoms with E-state index < -0.39 is 22.0 Å². The van der Waals surface area contributed by atoms with Crippen LogP contribution in [-0.4, -0.2) is 24.1 Å². The van der Waals surface area contributed by atoms with Gasteiger partial charge in [0.2, 0.25) is 0 Å². The van der Waals surface area contributed by atoms with Crippen LogP contribution in [0.2, 0.25) is 0 Å². The molecule has 7 heteroatoms. The Balaban J connectivity index is 2.39. The molecule has 1 unspecified atom stereocenters. The van der Waals surface area contributed by atoms with Gasteiger partial charge < -0.3 is 4.18 Å². The molecule has 0 bridgehead atoms. The first-order valence-corrected chi connectivity index (χ1v) is 7.97. The minimum absolute atomic E-state index is 0.150. The SMILES string of the molecule is Cc1ccc(S(=O)(=O)N2SOC(=O)C2C(C)C)cc1. The Kier molecular flexibility index (Phi) is 3.89. The standard InChI is InChI=1S/C12H15NO4S2/c1-8(2)11-12(14)17-18-13(11)19(15,16)10-6-4-9(3)5-7-10/h4-8,11H,1-3H3. The highest BCUT2D eigenvalue weighted by molar-refractivity contribution is 8.06. The van der Waals surface area contributed by atoms with Gasteiger partial charge in [0.05, 0.1) is 4.90 Å². The van der Waals surface area contributed by atoms with Crippen LogP contribution >= 0.6 is 12.2 Å². The molecule has 1 heterocycles. The third kappa shape index (κ3) is 2.63. The largest absolute Gasteiger partial charge is 0.372 e. The molecule has 19 heavy (non-hydrogen) atoms. The van der Waals surface area contributed by atoms with Gasteiger partial charge in [0, 0.05) is 0 Å². The molecule has 5 nitrogen and oxygen atoms in total. The third-order valence-corrected chi connectivity index (χ3v) is 5.80. The summed E-state index contributed by atoms with van der Waals surface area (Å²) in [5, 5.41) is 0. The van der Waals surface area contributed by atoms with Gasteiger partial charge in [0.1, 0.15) is 6.04 Å². The number of nitrogens with zero attached hydrogens (tertiary/aromatic N) is 1. The van der Waals surface area contributed by atoms with Gasteiger partial charge in [-0.3, -0.25) is 0 Å². The molecular formula is C12H15NO4S2. The van der Waals surface area contributed by atoms with Crippen molar-refractivity contribution in [2.45, 2.75) is 31.7 Å². The summed E-state index contributed by atoms with van der Waals surface area (Å²) in [5.41, 5.74) is 0.973. The number of sulfonamides is 1. The minimum atomic E-state index is -3.73. The molecule has 1 saturated heterocycles. The van der Waals surface area contributed by atoms with E-state index in [1.54, 1.807) is 26.0 Å². The highest BCUT2D eigenvalue weighted by Gasteiger charge is 2.46. The van der Waals surface area contributed by atoms with E-state index in [2.05, 4.69) is 0 Å². The molecule has 0 amide bonds. The second-order valence-electron chi connectivity index (χ2n) is 4.74. The predicted molar refractivity (Wildman–Crippen MR) is 72.5 cm³/mol. The van der Waals surface area contributed by atoms with Crippen molar-refractivity contribution in [3.05, 3.63) is 29.8 Å². The van der Waals surface area contributed by atoms with Crippen molar-refractivity contribution in [2.75, 3.05) is 0 Å². The lowest BCUT2D eigenvalue weighted by Gasteiger charge is -2.20. The zero-order valence-corrected chi connectivity index (χ0v) is 12.5. The maximum atomic E-state index is 12.5. The summed E-state index contributed by atoms with van der Waals surface area (Å²) >= 11 is 0.589. The van der Waals surface area contributed by atoms with Gasteiger partial charge in [0.15, 0.2) is 12.2 Å². The number of hydrogen-bond donors (Lipinski definition) is 0. The van der Waals surface area contributed by atoms with E-state index in [1.807, 2.05) is 6.92 Å². The van der Waals surface area contributed by atoms with Gasteiger partial charge >= 0.3 is 5.97 Å². The second kappa shape index (κ2) is 5.15. The first-order valence-electron chi connectivity index (χ1n) is 5.83. The Morgan fingerprint density at radius 1 is 1.26 bits per heavy atom. The number of carbonyl (C=O) groups excluding carboxylic acids is 1. The smallest absolute Gasteiger partial charge is 0.339 e. The van der Waals surface area contributed by atoms with Crippen LogP contribution in [0, 0.1) is 12.8 Å². The Labute approximate surface area is 117 Å². The lowest BCUT2D eigenvalue weighted by Crippen LogP contribution is -2.38. The van der Waals surface area contributed by atoms with Gasteiger partial charge in [-0.05, 0) is 25.0 Å². The monoisotopic (exact) mass is 301 g/mol. The van der Waals surface area contributed by atoms with Gasteiger partial charge in [-0.25, -0.2) is 13.2 Å². The zero-order valence-electron chi connectivity index (χ0n) is 10.9. The Hall–Kier alpha value is -1.05. The Morgan fingerprint density at radius 3 is 2.37 bits per heavy atom. The highest BCUT2D eigenvalue weighted by Crippen LogP contribution is 2.36. The Morgan fingerprint density at radius 2 is 1.84 bits per heavy atom. The van der Waals surface area contributed by atoms with E-state index in [0.29, 0.717) is 12.2 Å². The fourth-order valence-corrected chi connectivity index (χ4v) is 4.43. The van der Waals surface area contributed by atoms with Crippen molar-refractivity contribution >= 4 is 28.2 Å². The minimum Gasteiger partial charge on any atom is -0.372 e. The van der Waals surface area contributed by atoms with Gasteiger partial charge in [-0.1, -0.05) is 35.3 Å². The molecule has 1 aliphatic heterocycles. The number of rotatable bonds is 3. The summed E-state index contributed by atoms with van der Waals surface area (Å²) in [7, 11) is -3.73. The lowest BCUT2D eigenvalue weighted by atomic mass is 10.1. The first kappa shape index (κ1) is 14.4. The van der Waals surface area contributed by atoms with Crippen LogP contribution in [0.25, 0.3) is 0 Å². The lowest BCUT2D eigenvalue weighted by molar-refractivity contribution is -0.134. The molecule has 0 saturated carbocycles. The fraction of sp³-hybridized carbons (Fsp3) is 0.417. The molecule has 0 radical (unpaired) electrons. The van der Waals surface area contributed by atoms with Crippen molar-refractivity contribution in [2.24, 2.45) is 5.92 Å². The molecular weight excluding hydrogens is 286 g/mol. The van der Waals surface area contributed by atoms with E-state index in [1.165, 1.54) is 12.1 Å². The normalized spacial score (nSPS) is 20.8. The summed E-state index contributed by atoms with van der Waals surface area (Å²) in [6, 6.07) is 5.73. The van der Waals surface area contributed by atoms with E-state index in [4.69, 9.17) is 4.18 Å². The molecule has 1 aliphatic rings. The van der Waals surface area contributed by atoms with Crippen LogP contribution in [0.15, 0.2) is 29.2 Å². The van der Waals surface area contributed by atoms with Gasteiger partial charge in [-0.15, -0.1) is 0 Å². The molecule has 0 aliphatic carbocycles. The van der Waals surface area contributed by atoms with Crippen LogP contribution in [0.1, 0.15) is 19.4 Å². The highest BCUT2D eigenvalue weighted by atomic mass is 32.3. The van der Waals surface area contributed by atoms with Crippen molar-refractivity contribution < 1.29 is 17.4 Å². The summed E-state index contributed by atoms with van der Waals surface area (Å²) in [5.74, 6) is -0.668. The molecule has 1 aromatic carbocycles. The van der Waals surface area contributed by atoms with Crippen LogP contribution in [0.3, 0.4) is 0 Å². The van der Waals surface area contributed by atoms with Crippen molar-refractivity contribution in [1.82, 2.24) is 3.71 Å². The van der Waals surface area contributed by atoms with Crippen molar-refractivity contribution in [3.8, 4) is 0 Å². The molecule has 104 valence electrons. The van der Waals surface area contributed by atoms with Crippen LogP contribution in [0.5, 0.6) is 0 Å². The number of carbonyl (C=O) groups is 1. The topological polar surface area (TPSA) is 63.7 Å².